The number of rotatable bonds is 3. The Morgan fingerprint density at radius 1 is 1.18 bits per heavy atom. The number of carbonyl (C=O) groups is 1. The normalized spacial score (nSPS) is 50.4. The highest BCUT2D eigenvalue weighted by Gasteiger charge is 2.67. The maximum atomic E-state index is 12.1. The molecule has 1 aliphatic heterocycles. The predicted octanol–water partition coefficient (Wildman–Crippen LogP) is 1.57. The van der Waals surface area contributed by atoms with E-state index in [-0.39, 0.29) is 6.10 Å². The van der Waals surface area contributed by atoms with Crippen LogP contribution in [-0.2, 0) is 9.53 Å². The second-order valence-electron chi connectivity index (χ2n) is 6.39. The van der Waals surface area contributed by atoms with Crippen LogP contribution in [-0.4, -0.2) is 25.2 Å². The summed E-state index contributed by atoms with van der Waals surface area (Å²) >= 11 is 0. The van der Waals surface area contributed by atoms with Crippen molar-refractivity contribution in [3.05, 3.63) is 0 Å². The number of fused-ring (bicyclic) bond motifs is 5. The van der Waals surface area contributed by atoms with Gasteiger partial charge in [-0.1, -0.05) is 0 Å². The van der Waals surface area contributed by atoms with Gasteiger partial charge in [0.1, 0.15) is 0 Å². The molecule has 4 rings (SSSR count). The molecule has 0 aromatic rings. The van der Waals surface area contributed by atoms with Crippen LogP contribution >= 0.6 is 0 Å². The molecule has 3 heteroatoms. The van der Waals surface area contributed by atoms with Gasteiger partial charge >= 0.3 is 0 Å². The SMILES string of the molecule is O=C(NC[C@H]1CCCO1)C1[C@@H]2[C@H]3CC[C@H](C3)[C@H]12. The fraction of sp³-hybridized carbons (Fsp3) is 0.929. The first-order valence-electron chi connectivity index (χ1n) is 7.24. The van der Waals surface area contributed by atoms with Crippen molar-refractivity contribution in [1.29, 1.82) is 0 Å². The van der Waals surface area contributed by atoms with Crippen molar-refractivity contribution in [3.63, 3.8) is 0 Å². The quantitative estimate of drug-likeness (QED) is 0.806. The summed E-state index contributed by atoms with van der Waals surface area (Å²) < 4.78 is 5.54. The average molecular weight is 235 g/mol. The molecule has 94 valence electrons. The Kier molecular flexibility index (Phi) is 2.26. The van der Waals surface area contributed by atoms with E-state index >= 15 is 0 Å². The molecule has 3 nitrogen and oxygen atoms in total. The molecule has 3 aliphatic carbocycles. The van der Waals surface area contributed by atoms with Crippen molar-refractivity contribution < 1.29 is 9.53 Å². The third kappa shape index (κ3) is 1.55. The zero-order chi connectivity index (χ0) is 11.4. The van der Waals surface area contributed by atoms with Crippen LogP contribution < -0.4 is 5.32 Å². The summed E-state index contributed by atoms with van der Waals surface area (Å²) in [6, 6.07) is 0. The molecule has 3 saturated carbocycles. The van der Waals surface area contributed by atoms with Crippen LogP contribution in [0.1, 0.15) is 32.1 Å². The number of carbonyl (C=O) groups excluding carboxylic acids is 1. The second kappa shape index (κ2) is 3.71. The molecule has 2 bridgehead atoms. The number of nitrogens with one attached hydrogen (secondary N) is 1. The molecule has 0 radical (unpaired) electrons. The fourth-order valence-electron chi connectivity index (χ4n) is 4.81. The lowest BCUT2D eigenvalue weighted by molar-refractivity contribution is -0.123. The zero-order valence-electron chi connectivity index (χ0n) is 10.2. The van der Waals surface area contributed by atoms with Crippen LogP contribution in [0, 0.1) is 29.6 Å². The Labute approximate surface area is 102 Å². The van der Waals surface area contributed by atoms with Gasteiger partial charge < -0.3 is 10.1 Å². The summed E-state index contributed by atoms with van der Waals surface area (Å²) in [5, 5.41) is 3.12. The lowest BCUT2D eigenvalue weighted by atomic mass is 10.0. The molecule has 1 heterocycles. The molecule has 4 fully saturated rings. The summed E-state index contributed by atoms with van der Waals surface area (Å²) in [7, 11) is 0. The van der Waals surface area contributed by atoms with Gasteiger partial charge in [0.15, 0.2) is 0 Å². The van der Waals surface area contributed by atoms with Crippen LogP contribution in [0.3, 0.4) is 0 Å². The highest BCUT2D eigenvalue weighted by atomic mass is 16.5. The molecule has 1 amide bonds. The topological polar surface area (TPSA) is 38.3 Å². The first-order chi connectivity index (χ1) is 8.34. The monoisotopic (exact) mass is 235 g/mol. The maximum absolute atomic E-state index is 12.1. The number of amides is 1. The van der Waals surface area contributed by atoms with E-state index in [2.05, 4.69) is 5.32 Å². The van der Waals surface area contributed by atoms with E-state index in [1.165, 1.54) is 19.3 Å². The summed E-state index contributed by atoms with van der Waals surface area (Å²) in [6.45, 7) is 1.61. The maximum Gasteiger partial charge on any atom is 0.223 e. The van der Waals surface area contributed by atoms with Crippen molar-refractivity contribution in [2.45, 2.75) is 38.2 Å². The van der Waals surface area contributed by atoms with Gasteiger partial charge in [0.25, 0.3) is 0 Å². The number of hydrogen-bond acceptors (Lipinski definition) is 2. The van der Waals surface area contributed by atoms with Crippen molar-refractivity contribution in [2.75, 3.05) is 13.2 Å². The largest absolute Gasteiger partial charge is 0.376 e. The van der Waals surface area contributed by atoms with Crippen LogP contribution in [0.4, 0.5) is 0 Å². The highest BCUT2D eigenvalue weighted by Crippen LogP contribution is 2.69. The number of ether oxygens (including phenoxy) is 1. The van der Waals surface area contributed by atoms with Crippen molar-refractivity contribution in [2.24, 2.45) is 29.6 Å². The van der Waals surface area contributed by atoms with Crippen LogP contribution in [0.15, 0.2) is 0 Å². The Morgan fingerprint density at radius 2 is 1.94 bits per heavy atom. The third-order valence-electron chi connectivity index (χ3n) is 5.57. The van der Waals surface area contributed by atoms with E-state index in [9.17, 15) is 4.79 Å². The highest BCUT2D eigenvalue weighted by molar-refractivity contribution is 5.82. The second-order valence-corrected chi connectivity index (χ2v) is 6.39. The predicted molar refractivity (Wildman–Crippen MR) is 63.3 cm³/mol. The first-order valence-corrected chi connectivity index (χ1v) is 7.24. The molecular formula is C14H21NO2. The minimum Gasteiger partial charge on any atom is -0.376 e. The van der Waals surface area contributed by atoms with Gasteiger partial charge in [-0.05, 0) is 55.8 Å². The van der Waals surface area contributed by atoms with Gasteiger partial charge in [-0.25, -0.2) is 0 Å². The average Bonchev–Trinajstić information content (AvgIpc) is 2.80. The molecule has 1 N–H and O–H groups in total. The first kappa shape index (κ1) is 10.4. The van der Waals surface area contributed by atoms with Crippen molar-refractivity contribution in [3.8, 4) is 0 Å². The Hall–Kier alpha value is -0.570. The van der Waals surface area contributed by atoms with E-state index in [1.807, 2.05) is 0 Å². The molecule has 0 aromatic carbocycles. The van der Waals surface area contributed by atoms with Crippen molar-refractivity contribution >= 4 is 5.91 Å². The summed E-state index contributed by atoms with van der Waals surface area (Å²) in [5.41, 5.74) is 0. The standard InChI is InChI=1S/C14H21NO2/c16-14(15-7-10-2-1-5-17-10)13-11-8-3-4-9(6-8)12(11)13/h8-13H,1-7H2,(H,15,16)/t8-,9+,10-,11+,12-,13?/m1/s1. The van der Waals surface area contributed by atoms with Crippen LogP contribution in [0.5, 0.6) is 0 Å². The molecule has 0 aromatic heterocycles. The summed E-state index contributed by atoms with van der Waals surface area (Å²) in [4.78, 5) is 12.1. The molecule has 17 heavy (non-hydrogen) atoms. The van der Waals surface area contributed by atoms with Gasteiger partial charge in [-0.3, -0.25) is 4.79 Å². The van der Waals surface area contributed by atoms with Crippen LogP contribution in [0.25, 0.3) is 0 Å². The van der Waals surface area contributed by atoms with E-state index in [1.54, 1.807) is 0 Å². The zero-order valence-corrected chi connectivity index (χ0v) is 10.2. The van der Waals surface area contributed by atoms with E-state index in [0.29, 0.717) is 11.8 Å². The molecule has 1 unspecified atom stereocenters. The van der Waals surface area contributed by atoms with E-state index in [0.717, 1.165) is 49.7 Å². The minimum absolute atomic E-state index is 0.286. The summed E-state index contributed by atoms with van der Waals surface area (Å²) in [5.74, 6) is 4.01. The van der Waals surface area contributed by atoms with Crippen LogP contribution in [0.2, 0.25) is 0 Å². The molecule has 4 aliphatic rings. The Balaban J connectivity index is 1.30. The number of hydrogen-bond donors (Lipinski definition) is 1. The van der Waals surface area contributed by atoms with Gasteiger partial charge in [0.2, 0.25) is 5.91 Å². The third-order valence-corrected chi connectivity index (χ3v) is 5.57. The van der Waals surface area contributed by atoms with E-state index in [4.69, 9.17) is 4.74 Å². The van der Waals surface area contributed by atoms with Gasteiger partial charge in [-0.15, -0.1) is 0 Å². The molecule has 1 saturated heterocycles. The Bertz CT molecular complexity index is 321. The molecular weight excluding hydrogens is 214 g/mol. The van der Waals surface area contributed by atoms with Gasteiger partial charge in [-0.2, -0.15) is 0 Å². The van der Waals surface area contributed by atoms with Crippen molar-refractivity contribution in [1.82, 2.24) is 5.32 Å². The summed E-state index contributed by atoms with van der Waals surface area (Å²) in [6.07, 6.45) is 6.75. The minimum atomic E-state index is 0.286. The molecule has 0 spiro atoms. The lowest BCUT2D eigenvalue weighted by Gasteiger charge is -2.12. The van der Waals surface area contributed by atoms with Gasteiger partial charge in [0.05, 0.1) is 6.10 Å². The lowest BCUT2D eigenvalue weighted by Crippen LogP contribution is -2.34. The Morgan fingerprint density at radius 3 is 2.59 bits per heavy atom. The van der Waals surface area contributed by atoms with E-state index < -0.39 is 0 Å². The smallest absolute Gasteiger partial charge is 0.223 e. The van der Waals surface area contributed by atoms with Gasteiger partial charge in [0, 0.05) is 19.1 Å². The molecule has 6 atom stereocenters. The fourth-order valence-corrected chi connectivity index (χ4v) is 4.81.